The van der Waals surface area contributed by atoms with E-state index in [2.05, 4.69) is 5.32 Å². The van der Waals surface area contributed by atoms with Crippen molar-refractivity contribution in [2.45, 2.75) is 31.7 Å². The predicted molar refractivity (Wildman–Crippen MR) is 91.5 cm³/mol. The van der Waals surface area contributed by atoms with Crippen LogP contribution in [0.3, 0.4) is 0 Å². The minimum absolute atomic E-state index is 0.0457. The van der Waals surface area contributed by atoms with Gasteiger partial charge in [-0.3, -0.25) is 4.79 Å². The van der Waals surface area contributed by atoms with Crippen molar-refractivity contribution < 1.29 is 19.4 Å². The summed E-state index contributed by atoms with van der Waals surface area (Å²) in [7, 11) is 1.71. The lowest BCUT2D eigenvalue weighted by molar-refractivity contribution is -0.142. The first-order chi connectivity index (χ1) is 11.5. The van der Waals surface area contributed by atoms with Crippen LogP contribution >= 0.6 is 11.6 Å². The molecule has 0 heterocycles. The summed E-state index contributed by atoms with van der Waals surface area (Å²) in [6.45, 7) is 0.818. The zero-order valence-electron chi connectivity index (χ0n) is 13.7. The number of hydrogen-bond acceptors (Lipinski definition) is 3. The number of halogens is 1. The molecule has 2 N–H and O–H groups in total. The molecule has 2 rings (SSSR count). The molecule has 1 fully saturated rings. The van der Waals surface area contributed by atoms with Crippen LogP contribution in [0.4, 0.5) is 4.79 Å². The summed E-state index contributed by atoms with van der Waals surface area (Å²) in [5, 5.41) is 12.5. The van der Waals surface area contributed by atoms with Crippen LogP contribution in [0.1, 0.15) is 25.7 Å². The minimum Gasteiger partial charge on any atom is -0.492 e. The van der Waals surface area contributed by atoms with Gasteiger partial charge in [-0.15, -0.1) is 0 Å². The molecule has 0 radical (unpaired) electrons. The van der Waals surface area contributed by atoms with Crippen LogP contribution in [0.2, 0.25) is 5.02 Å². The fourth-order valence-electron chi connectivity index (χ4n) is 2.73. The Morgan fingerprint density at radius 1 is 1.33 bits per heavy atom. The number of nitrogens with zero attached hydrogens (tertiary/aromatic N) is 1. The number of carbonyl (C=O) groups is 2. The van der Waals surface area contributed by atoms with Crippen LogP contribution in [-0.2, 0) is 4.79 Å². The first-order valence-corrected chi connectivity index (χ1v) is 8.46. The highest BCUT2D eigenvalue weighted by Gasteiger charge is 2.27. The number of aliphatic carboxylic acids is 1. The van der Waals surface area contributed by atoms with Crippen molar-refractivity contribution in [2.75, 3.05) is 20.2 Å². The van der Waals surface area contributed by atoms with E-state index in [1.165, 1.54) is 0 Å². The van der Waals surface area contributed by atoms with Gasteiger partial charge in [0.05, 0.1) is 12.5 Å². The molecular formula is C17H23ClN2O4. The molecule has 7 heteroatoms. The van der Waals surface area contributed by atoms with E-state index in [4.69, 9.17) is 21.4 Å². The number of likely N-dealkylation sites (N-methyl/N-ethyl adjacent to an activating group) is 1. The number of ether oxygens (including phenoxy) is 1. The third-order valence-electron chi connectivity index (χ3n) is 4.24. The molecule has 0 aromatic heterocycles. The van der Waals surface area contributed by atoms with Gasteiger partial charge in [0.15, 0.2) is 0 Å². The maximum Gasteiger partial charge on any atom is 0.317 e. The van der Waals surface area contributed by atoms with Crippen LogP contribution < -0.4 is 10.1 Å². The van der Waals surface area contributed by atoms with Gasteiger partial charge in [0.25, 0.3) is 0 Å². The molecule has 2 amide bonds. The van der Waals surface area contributed by atoms with Gasteiger partial charge >= 0.3 is 12.0 Å². The lowest BCUT2D eigenvalue weighted by Crippen LogP contribution is -2.45. The topological polar surface area (TPSA) is 78.9 Å². The maximum absolute atomic E-state index is 12.1. The van der Waals surface area contributed by atoms with E-state index in [0.29, 0.717) is 49.6 Å². The number of hydrogen-bond donors (Lipinski definition) is 2. The molecule has 132 valence electrons. The van der Waals surface area contributed by atoms with Crippen LogP contribution in [0.15, 0.2) is 24.3 Å². The molecule has 1 aliphatic rings. The third kappa shape index (κ3) is 5.60. The molecule has 1 saturated carbocycles. The van der Waals surface area contributed by atoms with Crippen molar-refractivity contribution in [3.05, 3.63) is 29.3 Å². The van der Waals surface area contributed by atoms with Crippen molar-refractivity contribution in [1.29, 1.82) is 0 Å². The number of carboxylic acids is 1. The summed E-state index contributed by atoms with van der Waals surface area (Å²) in [6.07, 6.45) is 2.63. The Morgan fingerprint density at radius 3 is 2.67 bits per heavy atom. The van der Waals surface area contributed by atoms with Gasteiger partial charge in [-0.25, -0.2) is 4.79 Å². The Labute approximate surface area is 146 Å². The third-order valence-corrected chi connectivity index (χ3v) is 4.48. The molecule has 1 aromatic rings. The Hall–Kier alpha value is -1.95. The molecule has 0 aliphatic heterocycles. The predicted octanol–water partition coefficient (Wildman–Crippen LogP) is 3.00. The molecule has 0 unspecified atom stereocenters. The van der Waals surface area contributed by atoms with E-state index in [1.54, 1.807) is 24.1 Å². The second-order valence-corrected chi connectivity index (χ2v) is 6.50. The molecule has 1 aliphatic carbocycles. The normalized spacial score (nSPS) is 20.2. The molecule has 0 atom stereocenters. The molecule has 24 heavy (non-hydrogen) atoms. The van der Waals surface area contributed by atoms with E-state index in [9.17, 15) is 9.59 Å². The van der Waals surface area contributed by atoms with Gasteiger partial charge in [0.1, 0.15) is 12.4 Å². The van der Waals surface area contributed by atoms with Crippen molar-refractivity contribution in [3.63, 3.8) is 0 Å². The molecular weight excluding hydrogens is 332 g/mol. The summed E-state index contributed by atoms with van der Waals surface area (Å²) in [5.41, 5.74) is 0. The lowest BCUT2D eigenvalue weighted by Gasteiger charge is -2.28. The average Bonchev–Trinajstić information content (AvgIpc) is 2.55. The molecule has 0 saturated heterocycles. The molecule has 1 aromatic carbocycles. The van der Waals surface area contributed by atoms with E-state index >= 15 is 0 Å². The number of rotatable bonds is 6. The molecule has 0 spiro atoms. The monoisotopic (exact) mass is 354 g/mol. The smallest absolute Gasteiger partial charge is 0.317 e. The summed E-state index contributed by atoms with van der Waals surface area (Å²) in [6, 6.07) is 7.00. The van der Waals surface area contributed by atoms with Crippen LogP contribution in [-0.4, -0.2) is 48.2 Å². The maximum atomic E-state index is 12.1. The summed E-state index contributed by atoms with van der Waals surface area (Å²) < 4.78 is 5.57. The fraction of sp³-hybridized carbons (Fsp3) is 0.529. The summed E-state index contributed by atoms with van der Waals surface area (Å²) >= 11 is 5.88. The first kappa shape index (κ1) is 18.4. The Balaban J connectivity index is 1.68. The van der Waals surface area contributed by atoms with E-state index in [1.807, 2.05) is 12.1 Å². The number of urea groups is 1. The van der Waals surface area contributed by atoms with Gasteiger partial charge in [0.2, 0.25) is 0 Å². The highest BCUT2D eigenvalue weighted by Crippen LogP contribution is 2.24. The van der Waals surface area contributed by atoms with Crippen molar-refractivity contribution in [3.8, 4) is 5.75 Å². The first-order valence-electron chi connectivity index (χ1n) is 8.08. The minimum atomic E-state index is -0.741. The molecule has 6 nitrogen and oxygen atoms in total. The molecule has 0 bridgehead atoms. The van der Waals surface area contributed by atoms with Gasteiger partial charge < -0.3 is 20.1 Å². The zero-order valence-corrected chi connectivity index (χ0v) is 14.5. The van der Waals surface area contributed by atoms with Gasteiger partial charge in [-0.05, 0) is 43.9 Å². The van der Waals surface area contributed by atoms with Crippen LogP contribution in [0, 0.1) is 5.92 Å². The number of nitrogens with one attached hydrogen (secondary N) is 1. The number of amides is 2. The van der Waals surface area contributed by atoms with Gasteiger partial charge in [-0.1, -0.05) is 17.7 Å². The van der Waals surface area contributed by atoms with Gasteiger partial charge in [0, 0.05) is 18.1 Å². The zero-order chi connectivity index (χ0) is 17.5. The van der Waals surface area contributed by atoms with E-state index < -0.39 is 5.97 Å². The van der Waals surface area contributed by atoms with Crippen molar-refractivity contribution in [2.24, 2.45) is 5.92 Å². The standard InChI is InChI=1S/C17H23ClN2O4/c1-20(9-10-24-15-4-2-3-13(18)11-15)17(23)19-14-7-5-12(6-8-14)16(21)22/h2-4,11-12,14H,5-10H2,1H3,(H,19,23)(H,21,22). The number of carbonyl (C=O) groups excluding carboxylic acids is 1. The Kier molecular flexibility index (Phi) is 6.73. The van der Waals surface area contributed by atoms with Crippen molar-refractivity contribution in [1.82, 2.24) is 10.2 Å². The van der Waals surface area contributed by atoms with E-state index in [0.717, 1.165) is 0 Å². The van der Waals surface area contributed by atoms with E-state index in [-0.39, 0.29) is 18.0 Å². The van der Waals surface area contributed by atoms with Gasteiger partial charge in [-0.2, -0.15) is 0 Å². The lowest BCUT2D eigenvalue weighted by atomic mass is 9.86. The summed E-state index contributed by atoms with van der Waals surface area (Å²) in [4.78, 5) is 24.6. The SMILES string of the molecule is CN(CCOc1cccc(Cl)c1)C(=O)NC1CCC(C(=O)O)CC1. The fourth-order valence-corrected chi connectivity index (χ4v) is 2.91. The highest BCUT2D eigenvalue weighted by molar-refractivity contribution is 6.30. The van der Waals surface area contributed by atoms with Crippen molar-refractivity contribution >= 4 is 23.6 Å². The van der Waals surface area contributed by atoms with Crippen LogP contribution in [0.25, 0.3) is 0 Å². The number of carboxylic acid groups (broad SMARTS) is 1. The average molecular weight is 355 g/mol. The highest BCUT2D eigenvalue weighted by atomic mass is 35.5. The summed E-state index contributed by atoms with van der Waals surface area (Å²) in [5.74, 6) is -0.347. The second kappa shape index (κ2) is 8.78. The largest absolute Gasteiger partial charge is 0.492 e. The number of benzene rings is 1. The quantitative estimate of drug-likeness (QED) is 0.823. The van der Waals surface area contributed by atoms with Crippen LogP contribution in [0.5, 0.6) is 5.75 Å². The Bertz CT molecular complexity index is 573. The second-order valence-electron chi connectivity index (χ2n) is 6.06. The Morgan fingerprint density at radius 2 is 2.04 bits per heavy atom.